The summed E-state index contributed by atoms with van der Waals surface area (Å²) in [5, 5.41) is 4.44. The molecular weight excluding hydrogens is 324 g/mol. The normalized spacial score (nSPS) is 14.3. The Morgan fingerprint density at radius 2 is 1.61 bits per heavy atom. The van der Waals surface area contributed by atoms with E-state index in [1.54, 1.807) is 6.20 Å². The average Bonchev–Trinajstić information content (AvgIpc) is 3.00. The molecule has 1 aromatic heterocycles. The van der Waals surface area contributed by atoms with Gasteiger partial charge in [0.15, 0.2) is 5.69 Å². The summed E-state index contributed by atoms with van der Waals surface area (Å²) in [5.74, 6) is 1.08. The molecule has 2 N–H and O–H groups in total. The highest BCUT2D eigenvalue weighted by atomic mass is 35.7. The summed E-state index contributed by atoms with van der Waals surface area (Å²) in [6, 6.07) is 12.2. The molecule has 8 nitrogen and oxygen atoms in total. The number of hydrogen-bond acceptors (Lipinski definition) is 7. The van der Waals surface area contributed by atoms with Crippen molar-refractivity contribution in [1.29, 1.82) is 0 Å². The van der Waals surface area contributed by atoms with Crippen LogP contribution in [-0.4, -0.2) is 18.2 Å². The number of rotatable bonds is 2. The molecule has 0 aliphatic carbocycles. The Kier molecular flexibility index (Phi) is 5.69. The molecule has 1 saturated heterocycles. The fourth-order valence-electron chi connectivity index (χ4n) is 2.37. The molecule has 9 heteroatoms. The number of halogens is 1. The van der Waals surface area contributed by atoms with Gasteiger partial charge in [-0.25, -0.2) is 18.6 Å². The van der Waals surface area contributed by atoms with Crippen LogP contribution < -0.4 is 34.0 Å². The van der Waals surface area contributed by atoms with Crippen molar-refractivity contribution < 1.29 is 33.6 Å². The first-order chi connectivity index (χ1) is 10.8. The lowest BCUT2D eigenvalue weighted by Crippen LogP contribution is -2.68. The summed E-state index contributed by atoms with van der Waals surface area (Å²) in [4.78, 5) is 2.34. The van der Waals surface area contributed by atoms with E-state index in [1.165, 1.54) is 12.8 Å². The smallest absolute Gasteiger partial charge is 0.304 e. The number of aromatic nitrogens is 2. The minimum Gasteiger partial charge on any atom is -0.397 e. The van der Waals surface area contributed by atoms with Gasteiger partial charge in [0.1, 0.15) is 0 Å². The lowest BCUT2D eigenvalue weighted by atomic mass is 10.3. The van der Waals surface area contributed by atoms with Crippen LogP contribution in [0.4, 0.5) is 11.5 Å². The molecule has 0 unspecified atom stereocenters. The van der Waals surface area contributed by atoms with Crippen molar-refractivity contribution in [3.05, 3.63) is 42.6 Å². The first kappa shape index (κ1) is 17.4. The standard InChI is InChI=1S/C14H16N4.ClHO4/c15-12-10-14(17-8-4-5-9-17)18(16-11-12)13-6-2-1-3-7-13;2-1(3,4)5/h1-3,6-7,10-11,15H,4-5,8-9H2;(H,2,3,4,5). The maximum Gasteiger partial charge on any atom is 0.304 e. The van der Waals surface area contributed by atoms with Gasteiger partial charge in [-0.3, -0.25) is 4.90 Å². The summed E-state index contributed by atoms with van der Waals surface area (Å²) in [7, 11) is -4.94. The highest BCUT2D eigenvalue weighted by molar-refractivity contribution is 5.47. The summed E-state index contributed by atoms with van der Waals surface area (Å²) in [5.41, 5.74) is 7.65. The number of benzene rings is 1. The first-order valence-corrected chi connectivity index (χ1v) is 8.18. The van der Waals surface area contributed by atoms with E-state index >= 15 is 0 Å². The van der Waals surface area contributed by atoms with E-state index in [-0.39, 0.29) is 0 Å². The van der Waals surface area contributed by atoms with Gasteiger partial charge in [0.05, 0.1) is 31.0 Å². The number of para-hydroxylation sites is 1. The quantitative estimate of drug-likeness (QED) is 0.567. The Hall–Kier alpha value is -1.97. The molecule has 0 spiro atoms. The maximum absolute atomic E-state index is 8.49. The molecule has 2 aromatic rings. The first-order valence-electron chi connectivity index (χ1n) is 6.94. The summed E-state index contributed by atoms with van der Waals surface area (Å²) < 4.78 is 35.9. The zero-order chi connectivity index (χ0) is 16.9. The van der Waals surface area contributed by atoms with Crippen molar-refractivity contribution >= 4 is 11.5 Å². The van der Waals surface area contributed by atoms with Crippen LogP contribution in [0, 0.1) is 10.2 Å². The van der Waals surface area contributed by atoms with E-state index in [2.05, 4.69) is 22.1 Å². The van der Waals surface area contributed by atoms with Gasteiger partial charge in [-0.2, -0.15) is 0 Å². The van der Waals surface area contributed by atoms with Crippen LogP contribution in [0.25, 0.3) is 5.69 Å². The second-order valence-corrected chi connectivity index (χ2v) is 5.72. The van der Waals surface area contributed by atoms with Gasteiger partial charge in [0.25, 0.3) is 0 Å². The van der Waals surface area contributed by atoms with Gasteiger partial charge in [-0.1, -0.05) is 28.0 Å². The average molecular weight is 341 g/mol. The molecule has 0 atom stereocenters. The van der Waals surface area contributed by atoms with E-state index in [0.29, 0.717) is 5.69 Å². The second kappa shape index (κ2) is 7.53. The zero-order valence-corrected chi connectivity index (χ0v) is 13.1. The van der Waals surface area contributed by atoms with Gasteiger partial charge in [-0.05, 0) is 25.0 Å². The number of anilines is 2. The molecular formula is C14H17ClN4O4. The van der Waals surface area contributed by atoms with Crippen LogP contribution in [-0.2, 0) is 0 Å². The van der Waals surface area contributed by atoms with E-state index in [4.69, 9.17) is 24.4 Å². The molecule has 23 heavy (non-hydrogen) atoms. The van der Waals surface area contributed by atoms with Gasteiger partial charge in [0, 0.05) is 0 Å². The molecule has 3 rings (SSSR count). The van der Waals surface area contributed by atoms with Crippen molar-refractivity contribution in [1.82, 2.24) is 5.10 Å². The van der Waals surface area contributed by atoms with Crippen molar-refractivity contribution in [2.24, 2.45) is 0 Å². The molecule has 1 aliphatic heterocycles. The molecule has 124 valence electrons. The number of hydrogen-bond donors (Lipinski definition) is 1. The van der Waals surface area contributed by atoms with Gasteiger partial charge < -0.3 is 5.73 Å². The topological polar surface area (TPSA) is 138 Å². The highest BCUT2D eigenvalue weighted by Gasteiger charge is 2.25. The van der Waals surface area contributed by atoms with Crippen LogP contribution in [0.1, 0.15) is 12.8 Å². The molecule has 0 radical (unpaired) electrons. The Morgan fingerprint density at radius 3 is 2.17 bits per heavy atom. The van der Waals surface area contributed by atoms with E-state index in [0.717, 1.165) is 24.6 Å². The van der Waals surface area contributed by atoms with Crippen molar-refractivity contribution in [2.75, 3.05) is 23.7 Å². The SMILES string of the molecule is Nc1cn[n+](-c2ccccc2)c(N2CCCC2)c1.[O-][Cl+3]([O-])([O-])[O-]. The summed E-state index contributed by atoms with van der Waals surface area (Å²) in [6.45, 7) is 2.16. The summed E-state index contributed by atoms with van der Waals surface area (Å²) >= 11 is 0. The van der Waals surface area contributed by atoms with E-state index in [9.17, 15) is 0 Å². The Balaban J connectivity index is 0.000000338. The predicted molar refractivity (Wildman–Crippen MR) is 71.6 cm³/mol. The van der Waals surface area contributed by atoms with Gasteiger partial charge >= 0.3 is 5.82 Å². The van der Waals surface area contributed by atoms with Crippen LogP contribution in [0.3, 0.4) is 0 Å². The maximum atomic E-state index is 8.49. The minimum atomic E-state index is -4.94. The molecule has 1 aromatic carbocycles. The second-order valence-electron chi connectivity index (χ2n) is 4.97. The number of nitrogens with two attached hydrogens (primary N) is 1. The van der Waals surface area contributed by atoms with Crippen molar-refractivity contribution in [2.45, 2.75) is 12.8 Å². The molecule has 0 saturated carbocycles. The number of nitrogens with zero attached hydrogens (tertiary/aromatic N) is 3. The van der Waals surface area contributed by atoms with E-state index in [1.807, 2.05) is 28.9 Å². The minimum absolute atomic E-state index is 0.712. The molecule has 2 heterocycles. The lowest BCUT2D eigenvalue weighted by Gasteiger charge is -2.17. The zero-order valence-electron chi connectivity index (χ0n) is 12.3. The van der Waals surface area contributed by atoms with Gasteiger partial charge in [-0.15, -0.1) is 10.2 Å². The van der Waals surface area contributed by atoms with Crippen LogP contribution in [0.2, 0.25) is 0 Å². The predicted octanol–water partition coefficient (Wildman–Crippen LogP) is -3.22. The van der Waals surface area contributed by atoms with Crippen LogP contribution >= 0.6 is 0 Å². The van der Waals surface area contributed by atoms with Crippen LogP contribution in [0.5, 0.6) is 0 Å². The molecule has 1 fully saturated rings. The Morgan fingerprint density at radius 1 is 1.04 bits per heavy atom. The summed E-state index contributed by atoms with van der Waals surface area (Å²) in [6.07, 6.45) is 4.18. The third kappa shape index (κ3) is 5.62. The van der Waals surface area contributed by atoms with E-state index < -0.39 is 10.2 Å². The number of nitrogen functional groups attached to an aromatic ring is 1. The molecule has 1 aliphatic rings. The highest BCUT2D eigenvalue weighted by Crippen LogP contribution is 2.18. The lowest BCUT2D eigenvalue weighted by molar-refractivity contribution is -2.00. The van der Waals surface area contributed by atoms with Crippen molar-refractivity contribution in [3.8, 4) is 5.69 Å². The van der Waals surface area contributed by atoms with Gasteiger partial charge in [0.2, 0.25) is 0 Å². The molecule has 0 bridgehead atoms. The van der Waals surface area contributed by atoms with Crippen molar-refractivity contribution in [3.63, 3.8) is 0 Å². The fraction of sp³-hybridized carbons (Fsp3) is 0.286. The largest absolute Gasteiger partial charge is 0.397 e. The fourth-order valence-corrected chi connectivity index (χ4v) is 2.37. The Labute approximate surface area is 135 Å². The monoisotopic (exact) mass is 340 g/mol. The van der Waals surface area contributed by atoms with Crippen LogP contribution in [0.15, 0.2) is 42.6 Å². The third-order valence-corrected chi connectivity index (χ3v) is 3.27. The third-order valence-electron chi connectivity index (χ3n) is 3.27. The Bertz CT molecular complexity index is 624. The molecule has 0 amide bonds.